The molecule has 1 aliphatic heterocycles. The van der Waals surface area contributed by atoms with Gasteiger partial charge in [-0.05, 0) is 31.9 Å². The highest BCUT2D eigenvalue weighted by Crippen LogP contribution is 2.33. The normalized spacial score (nSPS) is 16.1. The molecule has 0 N–H and O–H groups in total. The SMILES string of the molecule is COC(=O)C1CCN(C(=O)[C@@H](C)N(c2ccc(OC)c(OC)c2)S(C)(=O)=O)CC1. The Morgan fingerprint density at radius 1 is 1.10 bits per heavy atom. The minimum atomic E-state index is -3.76. The second-order valence-corrected chi connectivity index (χ2v) is 8.76. The lowest BCUT2D eigenvalue weighted by Crippen LogP contribution is -2.51. The number of carbonyl (C=O) groups excluding carboxylic acids is 2. The number of sulfonamides is 1. The first-order valence-electron chi connectivity index (χ1n) is 9.22. The van der Waals surface area contributed by atoms with Crippen LogP contribution < -0.4 is 13.8 Å². The summed E-state index contributed by atoms with van der Waals surface area (Å²) in [4.78, 5) is 26.3. The Hall–Kier alpha value is -2.49. The van der Waals surface area contributed by atoms with Gasteiger partial charge in [0.05, 0.1) is 39.2 Å². The molecule has 0 radical (unpaired) electrons. The first-order valence-corrected chi connectivity index (χ1v) is 11.1. The van der Waals surface area contributed by atoms with Gasteiger partial charge in [-0.25, -0.2) is 8.42 Å². The first kappa shape index (κ1) is 22.8. The van der Waals surface area contributed by atoms with Crippen molar-refractivity contribution in [3.8, 4) is 11.5 Å². The molecule has 10 heteroatoms. The van der Waals surface area contributed by atoms with Crippen molar-refractivity contribution in [2.24, 2.45) is 5.92 Å². The van der Waals surface area contributed by atoms with Crippen LogP contribution in [0.4, 0.5) is 5.69 Å². The minimum Gasteiger partial charge on any atom is -0.493 e. The number of esters is 1. The number of rotatable bonds is 7. The van der Waals surface area contributed by atoms with Crippen LogP contribution >= 0.6 is 0 Å². The van der Waals surface area contributed by atoms with Crippen molar-refractivity contribution in [2.45, 2.75) is 25.8 Å². The molecule has 0 aliphatic carbocycles. The number of hydrogen-bond acceptors (Lipinski definition) is 7. The van der Waals surface area contributed by atoms with Crippen LogP contribution in [0.15, 0.2) is 18.2 Å². The third kappa shape index (κ3) is 5.11. The molecule has 1 amide bonds. The lowest BCUT2D eigenvalue weighted by Gasteiger charge is -2.36. The van der Waals surface area contributed by atoms with Gasteiger partial charge >= 0.3 is 5.97 Å². The van der Waals surface area contributed by atoms with Gasteiger partial charge in [-0.3, -0.25) is 13.9 Å². The molecular formula is C19H28N2O7S. The Kier molecular flexibility index (Phi) is 7.34. The minimum absolute atomic E-state index is 0.240. The van der Waals surface area contributed by atoms with Gasteiger partial charge in [-0.2, -0.15) is 0 Å². The van der Waals surface area contributed by atoms with Crippen LogP contribution in [-0.4, -0.2) is 71.9 Å². The van der Waals surface area contributed by atoms with Crippen LogP contribution in [0.3, 0.4) is 0 Å². The smallest absolute Gasteiger partial charge is 0.308 e. The van der Waals surface area contributed by atoms with E-state index >= 15 is 0 Å². The van der Waals surface area contributed by atoms with Crippen LogP contribution in [0.5, 0.6) is 11.5 Å². The fourth-order valence-electron chi connectivity index (χ4n) is 3.53. The summed E-state index contributed by atoms with van der Waals surface area (Å²) in [6.45, 7) is 2.28. The maximum Gasteiger partial charge on any atom is 0.308 e. The molecule has 1 aliphatic rings. The van der Waals surface area contributed by atoms with Crippen LogP contribution in [0.25, 0.3) is 0 Å². The van der Waals surface area contributed by atoms with Crippen LogP contribution in [0, 0.1) is 5.92 Å². The van der Waals surface area contributed by atoms with Gasteiger partial charge in [-0.1, -0.05) is 0 Å². The number of nitrogens with zero attached hydrogens (tertiary/aromatic N) is 2. The van der Waals surface area contributed by atoms with Gasteiger partial charge in [-0.15, -0.1) is 0 Å². The molecule has 1 saturated heterocycles. The number of piperidine rings is 1. The molecule has 9 nitrogen and oxygen atoms in total. The Bertz CT molecular complexity index is 848. The van der Waals surface area contributed by atoms with E-state index in [1.54, 1.807) is 24.0 Å². The molecule has 0 spiro atoms. The number of carbonyl (C=O) groups is 2. The predicted molar refractivity (Wildman–Crippen MR) is 108 cm³/mol. The van der Waals surface area contributed by atoms with E-state index in [0.717, 1.165) is 10.6 Å². The van der Waals surface area contributed by atoms with Crippen molar-refractivity contribution in [2.75, 3.05) is 45.0 Å². The molecule has 29 heavy (non-hydrogen) atoms. The maximum atomic E-state index is 13.0. The molecule has 1 atom stereocenters. The van der Waals surface area contributed by atoms with E-state index in [1.807, 2.05) is 0 Å². The van der Waals surface area contributed by atoms with Gasteiger partial charge in [0, 0.05) is 19.2 Å². The van der Waals surface area contributed by atoms with Crippen molar-refractivity contribution < 1.29 is 32.2 Å². The number of hydrogen-bond donors (Lipinski definition) is 0. The zero-order valence-corrected chi connectivity index (χ0v) is 18.2. The predicted octanol–water partition coefficient (Wildman–Crippen LogP) is 1.27. The standard InChI is InChI=1S/C19H28N2O7S/c1-13(18(22)20-10-8-14(9-11-20)19(23)28-4)21(29(5,24)25)15-6-7-16(26-2)17(12-15)27-3/h6-7,12-14H,8-11H2,1-5H3/t13-/m1/s1. The second-order valence-electron chi connectivity index (χ2n) is 6.90. The van der Waals surface area contributed by atoms with E-state index in [0.29, 0.717) is 43.1 Å². The zero-order chi connectivity index (χ0) is 21.8. The van der Waals surface area contributed by atoms with Crippen LogP contribution in [-0.2, 0) is 24.3 Å². The Morgan fingerprint density at radius 2 is 1.69 bits per heavy atom. The third-order valence-corrected chi connectivity index (χ3v) is 6.27. The van der Waals surface area contributed by atoms with Crippen molar-refractivity contribution in [3.05, 3.63) is 18.2 Å². The summed E-state index contributed by atoms with van der Waals surface area (Å²) in [5.41, 5.74) is 0.301. The molecule has 0 saturated carbocycles. The summed E-state index contributed by atoms with van der Waals surface area (Å²) in [6, 6.07) is 3.71. The number of ether oxygens (including phenoxy) is 3. The maximum absolute atomic E-state index is 13.0. The summed E-state index contributed by atoms with van der Waals surface area (Å²) in [5.74, 6) is -0.0382. The fraction of sp³-hybridized carbons (Fsp3) is 0.579. The van der Waals surface area contributed by atoms with Crippen LogP contribution in [0.2, 0.25) is 0 Å². The number of amides is 1. The Balaban J connectivity index is 2.25. The second kappa shape index (κ2) is 9.34. The molecule has 1 aromatic carbocycles. The van der Waals surface area contributed by atoms with Gasteiger partial charge in [0.25, 0.3) is 0 Å². The summed E-state index contributed by atoms with van der Waals surface area (Å²) in [5, 5.41) is 0. The van der Waals surface area contributed by atoms with E-state index in [-0.39, 0.29) is 17.8 Å². The molecule has 1 fully saturated rings. The van der Waals surface area contributed by atoms with Crippen molar-refractivity contribution in [1.82, 2.24) is 4.90 Å². The van der Waals surface area contributed by atoms with E-state index in [2.05, 4.69) is 0 Å². The average Bonchev–Trinajstić information content (AvgIpc) is 2.71. The van der Waals surface area contributed by atoms with Crippen molar-refractivity contribution in [1.29, 1.82) is 0 Å². The number of methoxy groups -OCH3 is 3. The van der Waals surface area contributed by atoms with Gasteiger partial charge < -0.3 is 19.1 Å². The van der Waals surface area contributed by atoms with Gasteiger partial charge in [0.15, 0.2) is 11.5 Å². The lowest BCUT2D eigenvalue weighted by atomic mass is 9.96. The summed E-state index contributed by atoms with van der Waals surface area (Å²) >= 11 is 0. The zero-order valence-electron chi connectivity index (χ0n) is 17.4. The van der Waals surface area contributed by atoms with E-state index in [1.165, 1.54) is 27.4 Å². The lowest BCUT2D eigenvalue weighted by molar-refractivity contribution is -0.149. The molecule has 0 unspecified atom stereocenters. The topological polar surface area (TPSA) is 102 Å². The van der Waals surface area contributed by atoms with Crippen molar-refractivity contribution >= 4 is 27.6 Å². The summed E-state index contributed by atoms with van der Waals surface area (Å²) < 4.78 is 41.3. The first-order chi connectivity index (χ1) is 13.6. The largest absolute Gasteiger partial charge is 0.493 e. The Labute approximate surface area is 171 Å². The highest BCUT2D eigenvalue weighted by atomic mass is 32.2. The highest BCUT2D eigenvalue weighted by Gasteiger charge is 2.35. The van der Waals surface area contributed by atoms with E-state index < -0.39 is 16.1 Å². The molecule has 1 aromatic rings. The van der Waals surface area contributed by atoms with Crippen LogP contribution in [0.1, 0.15) is 19.8 Å². The number of likely N-dealkylation sites (tertiary alicyclic amines) is 1. The fourth-order valence-corrected chi connectivity index (χ4v) is 4.69. The molecule has 0 aromatic heterocycles. The molecule has 1 heterocycles. The summed E-state index contributed by atoms with van der Waals surface area (Å²) in [7, 11) is 0.517. The molecular weight excluding hydrogens is 400 g/mol. The molecule has 2 rings (SSSR count). The van der Waals surface area contributed by atoms with E-state index in [9.17, 15) is 18.0 Å². The molecule has 0 bridgehead atoms. The van der Waals surface area contributed by atoms with E-state index in [4.69, 9.17) is 14.2 Å². The highest BCUT2D eigenvalue weighted by molar-refractivity contribution is 7.92. The third-order valence-electron chi connectivity index (χ3n) is 5.03. The summed E-state index contributed by atoms with van der Waals surface area (Å²) in [6.07, 6.45) is 2.03. The van der Waals surface area contributed by atoms with Gasteiger partial charge in [0.2, 0.25) is 15.9 Å². The Morgan fingerprint density at radius 3 is 2.17 bits per heavy atom. The number of benzene rings is 1. The number of anilines is 1. The van der Waals surface area contributed by atoms with Gasteiger partial charge in [0.1, 0.15) is 6.04 Å². The molecule has 162 valence electrons. The van der Waals surface area contributed by atoms with Crippen molar-refractivity contribution in [3.63, 3.8) is 0 Å². The quantitative estimate of drug-likeness (QED) is 0.603. The average molecular weight is 429 g/mol. The monoisotopic (exact) mass is 428 g/mol.